The van der Waals surface area contributed by atoms with E-state index < -0.39 is 32.5 Å². The van der Waals surface area contributed by atoms with Crippen molar-refractivity contribution < 1.29 is 42.1 Å². The van der Waals surface area contributed by atoms with Crippen molar-refractivity contribution in [3.05, 3.63) is 109 Å². The number of rotatable bonds is 49. The zero-order valence-corrected chi connectivity index (χ0v) is 46.1. The topological polar surface area (TPSA) is 108 Å². The summed E-state index contributed by atoms with van der Waals surface area (Å²) in [6.45, 7) is 4.14. The van der Waals surface area contributed by atoms with Crippen LogP contribution in [0.5, 0.6) is 0 Å². The van der Waals surface area contributed by atoms with Crippen molar-refractivity contribution in [1.29, 1.82) is 0 Å². The minimum absolute atomic E-state index is 0.0201. The second-order valence-corrected chi connectivity index (χ2v) is 20.7. The van der Waals surface area contributed by atoms with Crippen molar-refractivity contribution in [1.82, 2.24) is 0 Å². The zero-order valence-electron chi connectivity index (χ0n) is 45.2. The fraction of sp³-hybridized carbons (Fsp3) is 0.667. The van der Waals surface area contributed by atoms with E-state index in [1.165, 1.54) is 77.0 Å². The smallest absolute Gasteiger partial charge is 0.462 e. The van der Waals surface area contributed by atoms with Gasteiger partial charge in [-0.1, -0.05) is 207 Å². The van der Waals surface area contributed by atoms with Gasteiger partial charge in [-0.05, 0) is 96.3 Å². The predicted molar refractivity (Wildman–Crippen MR) is 298 cm³/mol. The molecule has 1 N–H and O–H groups in total. The largest absolute Gasteiger partial charge is 0.472 e. The number of nitrogens with zero attached hydrogens (tertiary/aromatic N) is 1. The Balaban J connectivity index is 4.15. The molecule has 0 aromatic rings. The highest BCUT2D eigenvalue weighted by Gasteiger charge is 2.27. The van der Waals surface area contributed by atoms with Gasteiger partial charge in [0.15, 0.2) is 6.10 Å². The first kappa shape index (κ1) is 66.7. The van der Waals surface area contributed by atoms with Crippen molar-refractivity contribution >= 4 is 19.8 Å². The number of hydrogen-bond donors (Lipinski definition) is 1. The maximum atomic E-state index is 12.8. The maximum Gasteiger partial charge on any atom is 0.472 e. The van der Waals surface area contributed by atoms with E-state index in [4.69, 9.17) is 18.5 Å². The highest BCUT2D eigenvalue weighted by Crippen LogP contribution is 2.43. The Labute approximate surface area is 429 Å². The lowest BCUT2D eigenvalue weighted by atomic mass is 10.0. The number of unbranched alkanes of at least 4 members (excludes halogenated alkanes) is 17. The van der Waals surface area contributed by atoms with Crippen LogP contribution in [-0.4, -0.2) is 74.9 Å². The highest BCUT2D eigenvalue weighted by molar-refractivity contribution is 7.47. The average molecular weight is 997 g/mol. The van der Waals surface area contributed by atoms with Gasteiger partial charge in [0.1, 0.15) is 19.8 Å². The molecule has 0 aliphatic rings. The van der Waals surface area contributed by atoms with Gasteiger partial charge in [0, 0.05) is 12.8 Å². The van der Waals surface area contributed by atoms with Gasteiger partial charge in [-0.25, -0.2) is 4.57 Å². The summed E-state index contributed by atoms with van der Waals surface area (Å²) in [7, 11) is 1.44. The number of likely N-dealkylation sites (N-methyl/N-ethyl adjacent to an activating group) is 1. The molecule has 400 valence electrons. The fourth-order valence-corrected chi connectivity index (χ4v) is 7.83. The average Bonchev–Trinajstić information content (AvgIpc) is 3.32. The first-order valence-electron chi connectivity index (χ1n) is 27.6. The van der Waals surface area contributed by atoms with E-state index >= 15 is 0 Å². The van der Waals surface area contributed by atoms with Gasteiger partial charge in [-0.3, -0.25) is 18.6 Å². The molecular formula is C60H103NO8P+. The Morgan fingerprint density at radius 3 is 1.17 bits per heavy atom. The van der Waals surface area contributed by atoms with E-state index in [2.05, 4.69) is 123 Å². The third-order valence-electron chi connectivity index (χ3n) is 11.3. The van der Waals surface area contributed by atoms with E-state index in [0.29, 0.717) is 23.9 Å². The Morgan fingerprint density at radius 1 is 0.443 bits per heavy atom. The molecule has 0 bridgehead atoms. The number of hydrogen-bond acceptors (Lipinski definition) is 7. The lowest BCUT2D eigenvalue weighted by Crippen LogP contribution is -2.37. The fourth-order valence-electron chi connectivity index (χ4n) is 7.09. The van der Waals surface area contributed by atoms with Crippen molar-refractivity contribution in [3.8, 4) is 0 Å². The van der Waals surface area contributed by atoms with E-state index in [0.717, 1.165) is 89.9 Å². The summed E-state index contributed by atoms with van der Waals surface area (Å²) in [5.74, 6) is -0.852. The van der Waals surface area contributed by atoms with Crippen LogP contribution in [0.3, 0.4) is 0 Å². The molecule has 0 saturated carbocycles. The molecule has 0 heterocycles. The van der Waals surface area contributed by atoms with Gasteiger partial charge in [0.2, 0.25) is 0 Å². The first-order valence-corrected chi connectivity index (χ1v) is 29.1. The molecule has 9 nitrogen and oxygen atoms in total. The van der Waals surface area contributed by atoms with Gasteiger partial charge in [0.05, 0.1) is 27.7 Å². The number of phosphoric ester groups is 1. The standard InChI is InChI=1S/C60H102NO8P/c1-6-8-10-12-14-16-18-20-22-23-24-25-26-27-28-29-30-31-32-33-34-35-36-37-39-41-43-45-47-49-51-53-60(63)69-58(57-68-70(64,65)67-55-54-61(3,4)5)56-66-59(62)52-50-48-46-44-42-40-38-21-19-17-15-13-11-9-7-2/h8-11,14-17,20-22,24-25,27-28,38,42,44,58H,6-7,12-13,18-19,23,26,29-37,39-41,43,45-57H2,1-5H3/p+1/b10-8-,11-9-,16-14-,17-15-,22-20-,25-24-,28-27-,38-21-,44-42-. The number of esters is 2. The van der Waals surface area contributed by atoms with Crippen LogP contribution in [0, 0.1) is 0 Å². The molecule has 0 aliphatic carbocycles. The summed E-state index contributed by atoms with van der Waals surface area (Å²) in [6.07, 6.45) is 70.2. The SMILES string of the molecule is CC/C=C\C/C=C\C/C=C\C/C=C\C/C=C\CCCCCCCCCCCCCCCCCC(=O)OC(COC(=O)CCCC/C=C\C/C=C\C/C=C\C/C=C\CC)COP(=O)(O)OCC[N+](C)(C)C. The van der Waals surface area contributed by atoms with Crippen LogP contribution in [0.15, 0.2) is 109 Å². The molecule has 0 amide bonds. The van der Waals surface area contributed by atoms with Crippen LogP contribution in [-0.2, 0) is 32.7 Å². The molecule has 0 aromatic carbocycles. The van der Waals surface area contributed by atoms with Gasteiger partial charge >= 0.3 is 19.8 Å². The zero-order chi connectivity index (χ0) is 51.3. The van der Waals surface area contributed by atoms with E-state index in [1.54, 1.807) is 0 Å². The Bertz CT molecular complexity index is 1550. The predicted octanol–water partition coefficient (Wildman–Crippen LogP) is 17.0. The van der Waals surface area contributed by atoms with Crippen LogP contribution in [0.25, 0.3) is 0 Å². The van der Waals surface area contributed by atoms with Crippen LogP contribution >= 0.6 is 7.82 Å². The van der Waals surface area contributed by atoms with E-state index in [1.807, 2.05) is 21.1 Å². The number of allylic oxidation sites excluding steroid dienone is 18. The summed E-state index contributed by atoms with van der Waals surface area (Å²) in [5.41, 5.74) is 0. The minimum atomic E-state index is -4.40. The van der Waals surface area contributed by atoms with Gasteiger partial charge in [-0.15, -0.1) is 0 Å². The molecule has 0 rings (SSSR count). The van der Waals surface area contributed by atoms with Gasteiger partial charge in [-0.2, -0.15) is 0 Å². The molecule has 2 unspecified atom stereocenters. The molecular weight excluding hydrogens is 894 g/mol. The molecule has 0 aliphatic heterocycles. The van der Waals surface area contributed by atoms with Crippen molar-refractivity contribution in [3.63, 3.8) is 0 Å². The molecule has 0 radical (unpaired) electrons. The lowest BCUT2D eigenvalue weighted by molar-refractivity contribution is -0.870. The molecule has 0 saturated heterocycles. The second-order valence-electron chi connectivity index (χ2n) is 19.2. The number of phosphoric acid groups is 1. The number of quaternary nitrogens is 1. The Kier molecular flexibility index (Phi) is 48.2. The van der Waals surface area contributed by atoms with Crippen LogP contribution in [0.4, 0.5) is 0 Å². The maximum absolute atomic E-state index is 12.8. The van der Waals surface area contributed by atoms with Crippen molar-refractivity contribution in [2.24, 2.45) is 0 Å². The van der Waals surface area contributed by atoms with Crippen LogP contribution in [0.2, 0.25) is 0 Å². The third-order valence-corrected chi connectivity index (χ3v) is 12.3. The third kappa shape index (κ3) is 54.0. The second kappa shape index (κ2) is 50.6. The Hall–Kier alpha value is -3.33. The number of carbonyl (C=O) groups excluding carboxylic acids is 2. The van der Waals surface area contributed by atoms with E-state index in [9.17, 15) is 19.0 Å². The monoisotopic (exact) mass is 997 g/mol. The normalized spacial score (nSPS) is 14.2. The molecule has 2 atom stereocenters. The van der Waals surface area contributed by atoms with Gasteiger partial charge in [0.25, 0.3) is 0 Å². The molecule has 10 heteroatoms. The highest BCUT2D eigenvalue weighted by atomic mass is 31.2. The van der Waals surface area contributed by atoms with Crippen LogP contribution < -0.4 is 0 Å². The molecule has 0 fully saturated rings. The quantitative estimate of drug-likeness (QED) is 0.0211. The van der Waals surface area contributed by atoms with Crippen molar-refractivity contribution in [2.75, 3.05) is 47.5 Å². The number of carbonyl (C=O) groups is 2. The Morgan fingerprint density at radius 2 is 0.771 bits per heavy atom. The first-order chi connectivity index (χ1) is 34.0. The molecule has 70 heavy (non-hydrogen) atoms. The van der Waals surface area contributed by atoms with Gasteiger partial charge < -0.3 is 18.9 Å². The number of ether oxygens (including phenoxy) is 2. The minimum Gasteiger partial charge on any atom is -0.462 e. The molecule has 0 aromatic heterocycles. The summed E-state index contributed by atoms with van der Waals surface area (Å²) in [5, 5.41) is 0. The summed E-state index contributed by atoms with van der Waals surface area (Å²) < 4.78 is 34.4. The lowest BCUT2D eigenvalue weighted by Gasteiger charge is -2.24. The van der Waals surface area contributed by atoms with Crippen molar-refractivity contribution in [2.45, 2.75) is 213 Å². The summed E-state index contributed by atoms with van der Waals surface area (Å²) in [4.78, 5) is 35.6. The summed E-state index contributed by atoms with van der Waals surface area (Å²) >= 11 is 0. The van der Waals surface area contributed by atoms with E-state index in [-0.39, 0.29) is 26.1 Å². The van der Waals surface area contributed by atoms with Crippen LogP contribution in [0.1, 0.15) is 206 Å². The summed E-state index contributed by atoms with van der Waals surface area (Å²) in [6, 6.07) is 0. The molecule has 0 spiro atoms.